The van der Waals surface area contributed by atoms with E-state index < -0.39 is 5.97 Å². The van der Waals surface area contributed by atoms with Gasteiger partial charge in [0.1, 0.15) is 5.69 Å². The van der Waals surface area contributed by atoms with Crippen LogP contribution in [0, 0.1) is 12.8 Å². The summed E-state index contributed by atoms with van der Waals surface area (Å²) >= 11 is 0. The normalized spacial score (nSPS) is 16.4. The molecule has 0 aromatic carbocycles. The molecule has 1 aliphatic rings. The molecule has 3 N–H and O–H groups in total. The van der Waals surface area contributed by atoms with E-state index in [0.29, 0.717) is 17.3 Å². The number of amides is 2. The van der Waals surface area contributed by atoms with E-state index in [4.69, 9.17) is 5.11 Å². The number of carboxylic acids is 1. The first-order valence-corrected chi connectivity index (χ1v) is 6.46. The number of hydrogen-bond acceptors (Lipinski definition) is 2. The van der Waals surface area contributed by atoms with Crippen LogP contribution in [0.2, 0.25) is 0 Å². The van der Waals surface area contributed by atoms with Gasteiger partial charge >= 0.3 is 12.0 Å². The monoisotopic (exact) mass is 265 g/mol. The first-order chi connectivity index (χ1) is 8.97. The molecule has 6 nitrogen and oxygen atoms in total. The molecule has 1 saturated heterocycles. The second-order valence-electron chi connectivity index (χ2n) is 5.15. The number of aryl methyl sites for hydroxylation is 1. The zero-order valence-corrected chi connectivity index (χ0v) is 11.2. The van der Waals surface area contributed by atoms with Crippen LogP contribution >= 0.6 is 0 Å². The van der Waals surface area contributed by atoms with Crippen molar-refractivity contribution in [3.63, 3.8) is 0 Å². The summed E-state index contributed by atoms with van der Waals surface area (Å²) in [5.74, 6) is -0.427. The lowest BCUT2D eigenvalue weighted by Gasteiger charge is -2.30. The van der Waals surface area contributed by atoms with Crippen LogP contribution in [-0.4, -0.2) is 40.1 Å². The van der Waals surface area contributed by atoms with Crippen LogP contribution in [0.5, 0.6) is 0 Å². The van der Waals surface area contributed by atoms with Crippen molar-refractivity contribution in [2.45, 2.75) is 26.7 Å². The van der Waals surface area contributed by atoms with E-state index in [2.05, 4.69) is 17.2 Å². The fourth-order valence-corrected chi connectivity index (χ4v) is 2.26. The largest absolute Gasteiger partial charge is 0.477 e. The van der Waals surface area contributed by atoms with E-state index in [1.54, 1.807) is 17.9 Å². The maximum atomic E-state index is 12.1. The summed E-state index contributed by atoms with van der Waals surface area (Å²) in [5.41, 5.74) is 1.06. The predicted octanol–water partition coefficient (Wildman–Crippen LogP) is 2.29. The van der Waals surface area contributed by atoms with Crippen molar-refractivity contribution >= 4 is 17.7 Å². The highest BCUT2D eigenvalue weighted by Gasteiger charge is 2.22. The Labute approximate surface area is 111 Å². The van der Waals surface area contributed by atoms with Gasteiger partial charge in [0.25, 0.3) is 0 Å². The van der Waals surface area contributed by atoms with Gasteiger partial charge in [0.05, 0.1) is 5.69 Å². The molecule has 0 radical (unpaired) electrons. The number of rotatable bonds is 2. The summed E-state index contributed by atoms with van der Waals surface area (Å²) < 4.78 is 0. The summed E-state index contributed by atoms with van der Waals surface area (Å²) in [7, 11) is 0. The molecule has 1 aromatic rings. The SMILES string of the molecule is Cc1cc(NC(=O)N2CCC(C)CC2)c(C(=O)O)[nH]1. The molecule has 0 atom stereocenters. The molecule has 2 heterocycles. The first-order valence-electron chi connectivity index (χ1n) is 6.46. The number of carboxylic acid groups (broad SMARTS) is 1. The number of urea groups is 1. The van der Waals surface area contributed by atoms with Crippen molar-refractivity contribution in [2.24, 2.45) is 5.92 Å². The minimum absolute atomic E-state index is 0.0243. The molecule has 0 bridgehead atoms. The zero-order chi connectivity index (χ0) is 14.0. The van der Waals surface area contributed by atoms with Crippen LogP contribution in [0.25, 0.3) is 0 Å². The Hall–Kier alpha value is -1.98. The Balaban J connectivity index is 2.04. The van der Waals surface area contributed by atoms with Gasteiger partial charge in [-0.15, -0.1) is 0 Å². The molecule has 1 aliphatic heterocycles. The van der Waals surface area contributed by atoms with Crippen LogP contribution in [0.4, 0.5) is 10.5 Å². The second-order valence-corrected chi connectivity index (χ2v) is 5.15. The van der Waals surface area contributed by atoms with Gasteiger partial charge in [-0.3, -0.25) is 0 Å². The van der Waals surface area contributed by atoms with E-state index in [1.807, 2.05) is 0 Å². The standard InChI is InChI=1S/C13H19N3O3/c1-8-3-5-16(6-4-8)13(19)15-10-7-9(2)14-11(10)12(17)18/h7-8,14H,3-6H2,1-2H3,(H,15,19)(H,17,18). The Kier molecular flexibility index (Phi) is 3.78. The maximum absolute atomic E-state index is 12.1. The van der Waals surface area contributed by atoms with Gasteiger partial charge in [-0.1, -0.05) is 6.92 Å². The molecule has 19 heavy (non-hydrogen) atoms. The van der Waals surface area contributed by atoms with Crippen LogP contribution in [0.3, 0.4) is 0 Å². The van der Waals surface area contributed by atoms with Crippen molar-refractivity contribution in [3.8, 4) is 0 Å². The predicted molar refractivity (Wildman–Crippen MR) is 71.5 cm³/mol. The zero-order valence-electron chi connectivity index (χ0n) is 11.2. The third kappa shape index (κ3) is 3.07. The number of nitrogens with zero attached hydrogens (tertiary/aromatic N) is 1. The number of aromatic carboxylic acids is 1. The molecule has 0 saturated carbocycles. The number of hydrogen-bond donors (Lipinski definition) is 3. The van der Waals surface area contributed by atoms with Gasteiger partial charge in [0.15, 0.2) is 0 Å². The Morgan fingerprint density at radius 1 is 1.42 bits per heavy atom. The molecule has 1 aromatic heterocycles. The molecule has 1 fully saturated rings. The third-order valence-corrected chi connectivity index (χ3v) is 3.48. The summed E-state index contributed by atoms with van der Waals surface area (Å²) in [4.78, 5) is 27.6. The second kappa shape index (κ2) is 5.34. The van der Waals surface area contributed by atoms with E-state index in [1.165, 1.54) is 0 Å². The Morgan fingerprint density at radius 3 is 2.63 bits per heavy atom. The molecule has 0 unspecified atom stereocenters. The van der Waals surface area contributed by atoms with E-state index in [-0.39, 0.29) is 11.7 Å². The van der Waals surface area contributed by atoms with Crippen LogP contribution in [0.1, 0.15) is 35.9 Å². The van der Waals surface area contributed by atoms with Crippen molar-refractivity contribution in [1.29, 1.82) is 0 Å². The number of H-pyrrole nitrogens is 1. The summed E-state index contributed by atoms with van der Waals surface area (Å²) in [6, 6.07) is 1.40. The number of likely N-dealkylation sites (tertiary alicyclic amines) is 1. The first kappa shape index (κ1) is 13.5. The quantitative estimate of drug-likeness (QED) is 0.766. The summed E-state index contributed by atoms with van der Waals surface area (Å²) in [6.07, 6.45) is 1.98. The third-order valence-electron chi connectivity index (χ3n) is 3.48. The number of aromatic nitrogens is 1. The van der Waals surface area contributed by atoms with Gasteiger partial charge in [0, 0.05) is 18.8 Å². The number of piperidine rings is 1. The van der Waals surface area contributed by atoms with Gasteiger partial charge in [-0.25, -0.2) is 9.59 Å². The smallest absolute Gasteiger partial charge is 0.354 e. The summed E-state index contributed by atoms with van der Waals surface area (Å²) in [6.45, 7) is 5.37. The van der Waals surface area contributed by atoms with Crippen molar-refractivity contribution in [3.05, 3.63) is 17.5 Å². The Bertz CT molecular complexity index is 487. The van der Waals surface area contributed by atoms with Gasteiger partial charge < -0.3 is 20.3 Å². The molecule has 0 spiro atoms. The van der Waals surface area contributed by atoms with Crippen LogP contribution in [-0.2, 0) is 0 Å². The van der Waals surface area contributed by atoms with Crippen molar-refractivity contribution < 1.29 is 14.7 Å². The number of nitrogens with one attached hydrogen (secondary N) is 2. The number of aromatic amines is 1. The summed E-state index contributed by atoms with van der Waals surface area (Å²) in [5, 5.41) is 11.7. The fourth-order valence-electron chi connectivity index (χ4n) is 2.26. The lowest BCUT2D eigenvalue weighted by Crippen LogP contribution is -2.40. The fraction of sp³-hybridized carbons (Fsp3) is 0.538. The van der Waals surface area contributed by atoms with Crippen LogP contribution in [0.15, 0.2) is 6.07 Å². The van der Waals surface area contributed by atoms with Crippen molar-refractivity contribution in [1.82, 2.24) is 9.88 Å². The Morgan fingerprint density at radius 2 is 2.05 bits per heavy atom. The minimum Gasteiger partial charge on any atom is -0.477 e. The van der Waals surface area contributed by atoms with Gasteiger partial charge in [-0.2, -0.15) is 0 Å². The van der Waals surface area contributed by atoms with E-state index in [9.17, 15) is 9.59 Å². The van der Waals surface area contributed by atoms with Crippen LogP contribution < -0.4 is 5.32 Å². The lowest BCUT2D eigenvalue weighted by atomic mass is 10.00. The van der Waals surface area contributed by atoms with E-state index >= 15 is 0 Å². The average molecular weight is 265 g/mol. The average Bonchev–Trinajstić information content (AvgIpc) is 2.71. The van der Waals surface area contributed by atoms with Crippen molar-refractivity contribution in [2.75, 3.05) is 18.4 Å². The molecule has 6 heteroatoms. The number of carbonyl (C=O) groups is 2. The highest BCUT2D eigenvalue weighted by molar-refractivity contribution is 5.99. The molecular formula is C13H19N3O3. The highest BCUT2D eigenvalue weighted by atomic mass is 16.4. The lowest BCUT2D eigenvalue weighted by molar-refractivity contribution is 0.0692. The minimum atomic E-state index is -1.07. The van der Waals surface area contributed by atoms with Gasteiger partial charge in [-0.05, 0) is 31.7 Å². The topological polar surface area (TPSA) is 85.4 Å². The maximum Gasteiger partial charge on any atom is 0.354 e. The molecule has 2 rings (SSSR count). The molecular weight excluding hydrogens is 246 g/mol. The molecule has 104 valence electrons. The molecule has 2 amide bonds. The number of carbonyl (C=O) groups excluding carboxylic acids is 1. The molecule has 0 aliphatic carbocycles. The number of anilines is 1. The highest BCUT2D eigenvalue weighted by Crippen LogP contribution is 2.20. The van der Waals surface area contributed by atoms with E-state index in [0.717, 1.165) is 25.9 Å². The van der Waals surface area contributed by atoms with Gasteiger partial charge in [0.2, 0.25) is 0 Å².